The van der Waals surface area contributed by atoms with Crippen molar-refractivity contribution in [1.82, 2.24) is 29.0 Å². The molecule has 2 saturated carbocycles. The van der Waals surface area contributed by atoms with Crippen LogP contribution in [0.3, 0.4) is 0 Å². The number of halogens is 2. The smallest absolute Gasteiger partial charge is 0.292 e. The topological polar surface area (TPSA) is 132 Å². The lowest BCUT2D eigenvalue weighted by atomic mass is 9.97. The lowest BCUT2D eigenvalue weighted by Gasteiger charge is -2.29. The standard InChI is InChI=1S/C24H25F2N7O4S3/c1-23(6-7-23)40(36,37)33-10-4-14(5-11-33)16-12-15(39(34,35)31-24(27-2)8-9-24)13-17-18(30-32(3)19(16)17)21-28-29-22(38-21)20(25)26/h4,12-13,20,31H,5-11H2,1,3H3. The maximum atomic E-state index is 13.5. The average molecular weight is 610 g/mol. The first-order valence-corrected chi connectivity index (χ1v) is 16.3. The van der Waals surface area contributed by atoms with E-state index in [0.29, 0.717) is 59.9 Å². The molecule has 0 bridgehead atoms. The van der Waals surface area contributed by atoms with Gasteiger partial charge in [-0.2, -0.15) is 9.40 Å². The van der Waals surface area contributed by atoms with Crippen LogP contribution in [0.25, 0.3) is 32.0 Å². The summed E-state index contributed by atoms with van der Waals surface area (Å²) in [6, 6.07) is 2.90. The number of sulfonamides is 2. The highest BCUT2D eigenvalue weighted by atomic mass is 32.2. The van der Waals surface area contributed by atoms with Crippen molar-refractivity contribution in [2.24, 2.45) is 7.05 Å². The van der Waals surface area contributed by atoms with Gasteiger partial charge in [-0.1, -0.05) is 17.4 Å². The van der Waals surface area contributed by atoms with Crippen LogP contribution in [0.5, 0.6) is 0 Å². The fraction of sp³-hybridized carbons (Fsp3) is 0.500. The maximum Gasteiger partial charge on any atom is 0.299 e. The first-order chi connectivity index (χ1) is 18.8. The highest BCUT2D eigenvalue weighted by molar-refractivity contribution is 7.90. The van der Waals surface area contributed by atoms with Crippen molar-refractivity contribution in [2.75, 3.05) is 13.1 Å². The monoisotopic (exact) mass is 609 g/mol. The number of hydrogen-bond acceptors (Lipinski definition) is 8. The summed E-state index contributed by atoms with van der Waals surface area (Å²) < 4.78 is 84.3. The second-order valence-electron chi connectivity index (χ2n) is 10.6. The Labute approximate surface area is 233 Å². The summed E-state index contributed by atoms with van der Waals surface area (Å²) in [5, 5.41) is 11.9. The first-order valence-electron chi connectivity index (χ1n) is 12.5. The van der Waals surface area contributed by atoms with Crippen molar-refractivity contribution in [1.29, 1.82) is 0 Å². The van der Waals surface area contributed by atoms with Crippen LogP contribution in [0, 0.1) is 6.57 Å². The molecule has 2 aliphatic carbocycles. The number of fused-ring (bicyclic) bond motifs is 1. The first kappa shape index (κ1) is 27.3. The van der Waals surface area contributed by atoms with Gasteiger partial charge in [0.15, 0.2) is 10.0 Å². The third kappa shape index (κ3) is 4.44. The molecule has 1 N–H and O–H groups in total. The molecule has 1 aromatic carbocycles. The van der Waals surface area contributed by atoms with Gasteiger partial charge < -0.3 is 0 Å². The van der Waals surface area contributed by atoms with Crippen molar-refractivity contribution in [3.63, 3.8) is 0 Å². The SMILES string of the molecule is [C-]#[N+]C1(NS(=O)(=O)c2cc(C3=CCN(S(=O)(=O)C4(C)CC4)CC3)c3c(c2)c(-c2nnc(C(F)F)s2)nn3C)CC1. The van der Waals surface area contributed by atoms with Crippen LogP contribution in [0.1, 0.15) is 56.0 Å². The molecule has 6 rings (SSSR count). The number of rotatable bonds is 8. The zero-order chi connectivity index (χ0) is 28.7. The second-order valence-corrected chi connectivity index (χ2v) is 15.8. The summed E-state index contributed by atoms with van der Waals surface area (Å²) in [4.78, 5) is 3.33. The molecule has 3 aromatic rings. The Morgan fingerprint density at radius 2 is 1.88 bits per heavy atom. The fourth-order valence-corrected chi connectivity index (χ4v) is 8.85. The third-order valence-electron chi connectivity index (χ3n) is 7.75. The van der Waals surface area contributed by atoms with E-state index in [4.69, 9.17) is 6.57 Å². The molecule has 11 nitrogen and oxygen atoms in total. The van der Waals surface area contributed by atoms with Gasteiger partial charge in [-0.25, -0.2) is 32.2 Å². The van der Waals surface area contributed by atoms with Crippen LogP contribution in [0.2, 0.25) is 0 Å². The zero-order valence-electron chi connectivity index (χ0n) is 21.6. The van der Waals surface area contributed by atoms with Crippen LogP contribution in [0.15, 0.2) is 23.1 Å². The molecule has 0 unspecified atom stereocenters. The van der Waals surface area contributed by atoms with Gasteiger partial charge in [0.05, 0.1) is 28.0 Å². The molecular formula is C24H25F2N7O4S3. The molecule has 0 amide bonds. The minimum absolute atomic E-state index is 0.112. The Balaban J connectivity index is 1.48. The molecular weight excluding hydrogens is 585 g/mol. The average Bonchev–Trinajstić information content (AvgIpc) is 3.77. The number of nitrogens with zero attached hydrogens (tertiary/aromatic N) is 6. The van der Waals surface area contributed by atoms with Crippen molar-refractivity contribution in [2.45, 2.75) is 60.8 Å². The molecule has 40 heavy (non-hydrogen) atoms. The predicted octanol–water partition coefficient (Wildman–Crippen LogP) is 3.69. The number of aryl methyl sites for hydroxylation is 1. The van der Waals surface area contributed by atoms with E-state index in [1.165, 1.54) is 21.1 Å². The van der Waals surface area contributed by atoms with Crippen LogP contribution in [-0.4, -0.2) is 64.6 Å². The van der Waals surface area contributed by atoms with Gasteiger partial charge in [0.1, 0.15) is 5.69 Å². The highest BCUT2D eigenvalue weighted by Gasteiger charge is 2.54. The molecule has 0 radical (unpaired) electrons. The highest BCUT2D eigenvalue weighted by Crippen LogP contribution is 2.46. The normalized spacial score (nSPS) is 20.4. The lowest BCUT2D eigenvalue weighted by Crippen LogP contribution is -2.41. The summed E-state index contributed by atoms with van der Waals surface area (Å²) >= 11 is 0.671. The zero-order valence-corrected chi connectivity index (χ0v) is 24.0. The summed E-state index contributed by atoms with van der Waals surface area (Å²) in [6.07, 6.45) is 1.35. The second kappa shape index (κ2) is 9.08. The summed E-state index contributed by atoms with van der Waals surface area (Å²) in [7, 11) is -5.96. The van der Waals surface area contributed by atoms with Crippen molar-refractivity contribution in [3.05, 3.63) is 40.2 Å². The van der Waals surface area contributed by atoms with Crippen LogP contribution >= 0.6 is 11.3 Å². The molecule has 1 aliphatic heterocycles. The van der Waals surface area contributed by atoms with Gasteiger partial charge in [0.2, 0.25) is 20.0 Å². The van der Waals surface area contributed by atoms with Gasteiger partial charge >= 0.3 is 0 Å². The Bertz CT molecular complexity index is 1830. The third-order valence-corrected chi connectivity index (χ3v) is 12.9. The van der Waals surface area contributed by atoms with E-state index in [1.807, 2.05) is 0 Å². The quantitative estimate of drug-likeness (QED) is 0.386. The number of hydrogen-bond donors (Lipinski definition) is 1. The number of nitrogens with one attached hydrogen (secondary N) is 1. The molecule has 0 saturated heterocycles. The minimum atomic E-state index is -4.15. The van der Waals surface area contributed by atoms with Crippen LogP contribution < -0.4 is 4.72 Å². The molecule has 0 atom stereocenters. The minimum Gasteiger partial charge on any atom is -0.292 e. The summed E-state index contributed by atoms with van der Waals surface area (Å²) in [5.74, 6) is 0. The Morgan fingerprint density at radius 1 is 1.15 bits per heavy atom. The number of aromatic nitrogens is 4. The predicted molar refractivity (Wildman–Crippen MR) is 144 cm³/mol. The largest absolute Gasteiger partial charge is 0.299 e. The molecule has 3 aliphatic rings. The van der Waals surface area contributed by atoms with Crippen molar-refractivity contribution >= 4 is 47.9 Å². The molecule has 2 aromatic heterocycles. The Morgan fingerprint density at radius 3 is 2.42 bits per heavy atom. The molecule has 3 heterocycles. The van der Waals surface area contributed by atoms with Gasteiger partial charge in [0, 0.05) is 31.1 Å². The summed E-state index contributed by atoms with van der Waals surface area (Å²) in [6.45, 7) is 9.52. The van der Waals surface area contributed by atoms with E-state index in [2.05, 4.69) is 24.9 Å². The maximum absolute atomic E-state index is 13.5. The van der Waals surface area contributed by atoms with Crippen molar-refractivity contribution < 1.29 is 25.6 Å². The van der Waals surface area contributed by atoms with Crippen LogP contribution in [0.4, 0.5) is 8.78 Å². The Kier molecular flexibility index (Phi) is 6.21. The van der Waals surface area contributed by atoms with Crippen LogP contribution in [-0.2, 0) is 27.1 Å². The van der Waals surface area contributed by atoms with E-state index in [0.717, 1.165) is 5.57 Å². The molecule has 212 valence electrons. The van der Waals surface area contributed by atoms with Gasteiger partial charge in [0.25, 0.3) is 12.1 Å². The van der Waals surface area contributed by atoms with E-state index in [9.17, 15) is 25.6 Å². The summed E-state index contributed by atoms with van der Waals surface area (Å²) in [5.41, 5.74) is 0.843. The van der Waals surface area contributed by atoms with E-state index in [1.54, 1.807) is 20.0 Å². The molecule has 2 fully saturated rings. The van der Waals surface area contributed by atoms with E-state index < -0.39 is 41.9 Å². The lowest BCUT2D eigenvalue weighted by molar-refractivity contribution is 0.150. The van der Waals surface area contributed by atoms with Crippen molar-refractivity contribution in [3.8, 4) is 10.7 Å². The Hall–Kier alpha value is -2.84. The van der Waals surface area contributed by atoms with Gasteiger partial charge in [-0.15, -0.1) is 14.9 Å². The molecule has 0 spiro atoms. The molecule has 16 heteroatoms. The number of alkyl halides is 2. The van der Waals surface area contributed by atoms with E-state index in [-0.39, 0.29) is 28.7 Å². The fourth-order valence-electron chi connectivity index (χ4n) is 4.89. The number of benzene rings is 1. The van der Waals surface area contributed by atoms with Gasteiger partial charge in [-0.05, 0) is 43.9 Å². The van der Waals surface area contributed by atoms with E-state index >= 15 is 0 Å². The van der Waals surface area contributed by atoms with Gasteiger partial charge in [-0.3, -0.25) is 9.53 Å².